The molecule has 0 aromatic heterocycles. The Bertz CT molecular complexity index is 462. The third-order valence-electron chi connectivity index (χ3n) is 2.77. The molecule has 7 heteroatoms. The number of aliphatic hydroxyl groups excluding tert-OH is 1. The van der Waals surface area contributed by atoms with Crippen LogP contribution in [0.5, 0.6) is 0 Å². The first kappa shape index (κ1) is 16.5. The SMILES string of the molecule is CC(C)[C@@H](CO)NC(=O)CSc1ccc([N+](=O)[O-])cc1. The van der Waals surface area contributed by atoms with Gasteiger partial charge in [0, 0.05) is 17.0 Å². The van der Waals surface area contributed by atoms with E-state index >= 15 is 0 Å². The van der Waals surface area contributed by atoms with Crippen LogP contribution in [-0.2, 0) is 4.79 Å². The van der Waals surface area contributed by atoms with Crippen molar-refractivity contribution in [2.24, 2.45) is 5.92 Å². The first-order chi connectivity index (χ1) is 9.43. The van der Waals surface area contributed by atoms with Gasteiger partial charge >= 0.3 is 0 Å². The Morgan fingerprint density at radius 2 is 2.00 bits per heavy atom. The second-order valence-corrected chi connectivity index (χ2v) is 5.69. The molecule has 1 amide bonds. The van der Waals surface area contributed by atoms with E-state index in [1.54, 1.807) is 12.1 Å². The Morgan fingerprint density at radius 3 is 2.45 bits per heavy atom. The summed E-state index contributed by atoms with van der Waals surface area (Å²) >= 11 is 1.30. The highest BCUT2D eigenvalue weighted by Gasteiger charge is 2.15. The molecule has 20 heavy (non-hydrogen) atoms. The number of nitrogens with one attached hydrogen (secondary N) is 1. The topological polar surface area (TPSA) is 92.5 Å². The minimum Gasteiger partial charge on any atom is -0.394 e. The average Bonchev–Trinajstić information content (AvgIpc) is 2.42. The van der Waals surface area contributed by atoms with E-state index in [9.17, 15) is 14.9 Å². The van der Waals surface area contributed by atoms with Crippen molar-refractivity contribution < 1.29 is 14.8 Å². The second-order valence-electron chi connectivity index (χ2n) is 4.64. The molecule has 0 saturated carbocycles. The van der Waals surface area contributed by atoms with Gasteiger partial charge < -0.3 is 10.4 Å². The lowest BCUT2D eigenvalue weighted by molar-refractivity contribution is -0.384. The van der Waals surface area contributed by atoms with Crippen LogP contribution in [0.1, 0.15) is 13.8 Å². The number of nitro benzene ring substituents is 1. The smallest absolute Gasteiger partial charge is 0.269 e. The molecule has 1 aromatic carbocycles. The summed E-state index contributed by atoms with van der Waals surface area (Å²) in [6.07, 6.45) is 0. The Labute approximate surface area is 121 Å². The molecular weight excluding hydrogens is 280 g/mol. The van der Waals surface area contributed by atoms with Crippen molar-refractivity contribution in [3.05, 3.63) is 34.4 Å². The van der Waals surface area contributed by atoms with Gasteiger partial charge in [-0.2, -0.15) is 0 Å². The molecule has 0 aliphatic heterocycles. The van der Waals surface area contributed by atoms with Crippen LogP contribution in [0.25, 0.3) is 0 Å². The summed E-state index contributed by atoms with van der Waals surface area (Å²) in [5.41, 5.74) is 0.0268. The maximum Gasteiger partial charge on any atom is 0.269 e. The lowest BCUT2D eigenvalue weighted by atomic mass is 10.1. The Morgan fingerprint density at radius 1 is 1.40 bits per heavy atom. The molecule has 0 bridgehead atoms. The molecule has 0 fully saturated rings. The molecule has 0 heterocycles. The number of carbonyl (C=O) groups excluding carboxylic acids is 1. The van der Waals surface area contributed by atoms with Gasteiger partial charge in [-0.05, 0) is 18.1 Å². The van der Waals surface area contributed by atoms with E-state index in [1.807, 2.05) is 13.8 Å². The summed E-state index contributed by atoms with van der Waals surface area (Å²) in [6, 6.07) is 5.79. The fourth-order valence-corrected chi connectivity index (χ4v) is 2.19. The Balaban J connectivity index is 2.46. The van der Waals surface area contributed by atoms with E-state index in [4.69, 9.17) is 5.11 Å². The van der Waals surface area contributed by atoms with Gasteiger partial charge in [-0.25, -0.2) is 0 Å². The lowest BCUT2D eigenvalue weighted by Gasteiger charge is -2.19. The van der Waals surface area contributed by atoms with Gasteiger partial charge in [0.2, 0.25) is 5.91 Å². The van der Waals surface area contributed by atoms with Crippen LogP contribution >= 0.6 is 11.8 Å². The van der Waals surface area contributed by atoms with Crippen molar-refractivity contribution in [1.82, 2.24) is 5.32 Å². The highest BCUT2D eigenvalue weighted by molar-refractivity contribution is 8.00. The van der Waals surface area contributed by atoms with E-state index in [-0.39, 0.29) is 35.9 Å². The summed E-state index contributed by atoms with van der Waals surface area (Å²) in [4.78, 5) is 22.5. The van der Waals surface area contributed by atoms with Crippen LogP contribution in [-0.4, -0.2) is 34.3 Å². The van der Waals surface area contributed by atoms with Crippen LogP contribution in [0.15, 0.2) is 29.2 Å². The molecule has 1 atom stereocenters. The molecule has 2 N–H and O–H groups in total. The molecule has 1 aromatic rings. The number of hydrogen-bond acceptors (Lipinski definition) is 5. The van der Waals surface area contributed by atoms with Crippen molar-refractivity contribution in [2.75, 3.05) is 12.4 Å². The molecule has 0 saturated heterocycles. The molecule has 1 rings (SSSR count). The molecule has 6 nitrogen and oxygen atoms in total. The maximum absolute atomic E-state index is 11.7. The van der Waals surface area contributed by atoms with E-state index in [1.165, 1.54) is 23.9 Å². The number of carbonyl (C=O) groups is 1. The maximum atomic E-state index is 11.7. The highest BCUT2D eigenvalue weighted by atomic mass is 32.2. The van der Waals surface area contributed by atoms with Gasteiger partial charge in [-0.3, -0.25) is 14.9 Å². The van der Waals surface area contributed by atoms with Crippen molar-refractivity contribution in [3.63, 3.8) is 0 Å². The summed E-state index contributed by atoms with van der Waals surface area (Å²) in [6.45, 7) is 3.75. The van der Waals surface area contributed by atoms with Crippen molar-refractivity contribution in [3.8, 4) is 0 Å². The van der Waals surface area contributed by atoms with Crippen molar-refractivity contribution in [1.29, 1.82) is 0 Å². The van der Waals surface area contributed by atoms with Gasteiger partial charge in [-0.15, -0.1) is 11.8 Å². The minimum atomic E-state index is -0.463. The third-order valence-corrected chi connectivity index (χ3v) is 3.78. The predicted molar refractivity (Wildman–Crippen MR) is 77.7 cm³/mol. The number of non-ortho nitro benzene ring substituents is 1. The fraction of sp³-hybridized carbons (Fsp3) is 0.462. The van der Waals surface area contributed by atoms with Crippen LogP contribution in [0, 0.1) is 16.0 Å². The van der Waals surface area contributed by atoms with Gasteiger partial charge in [0.05, 0.1) is 23.3 Å². The quantitative estimate of drug-likeness (QED) is 0.455. The first-order valence-corrected chi connectivity index (χ1v) is 7.20. The van der Waals surface area contributed by atoms with Gasteiger partial charge in [0.25, 0.3) is 5.69 Å². The number of nitrogens with zero attached hydrogens (tertiary/aromatic N) is 1. The Kier molecular flexibility index (Phi) is 6.47. The van der Waals surface area contributed by atoms with E-state index in [0.717, 1.165) is 4.90 Å². The minimum absolute atomic E-state index is 0.0268. The number of thioether (sulfide) groups is 1. The average molecular weight is 298 g/mol. The molecule has 0 aliphatic rings. The summed E-state index contributed by atoms with van der Waals surface area (Å²) in [5.74, 6) is 0.204. The summed E-state index contributed by atoms with van der Waals surface area (Å²) < 4.78 is 0. The van der Waals surface area contributed by atoms with Crippen molar-refractivity contribution >= 4 is 23.4 Å². The highest BCUT2D eigenvalue weighted by Crippen LogP contribution is 2.21. The third kappa shape index (κ3) is 5.18. The van der Waals surface area contributed by atoms with E-state index in [2.05, 4.69) is 5.32 Å². The monoisotopic (exact) mass is 298 g/mol. The number of aliphatic hydroxyl groups is 1. The first-order valence-electron chi connectivity index (χ1n) is 6.21. The standard InChI is InChI=1S/C13H18N2O4S/c1-9(2)12(7-16)14-13(17)8-20-11-5-3-10(4-6-11)15(18)19/h3-6,9,12,16H,7-8H2,1-2H3,(H,14,17)/t12-/m1/s1. The van der Waals surface area contributed by atoms with E-state index < -0.39 is 4.92 Å². The van der Waals surface area contributed by atoms with Crippen LogP contribution < -0.4 is 5.32 Å². The molecule has 0 radical (unpaired) electrons. The van der Waals surface area contributed by atoms with Crippen LogP contribution in [0.4, 0.5) is 5.69 Å². The number of amides is 1. The normalized spacial score (nSPS) is 12.2. The molecular formula is C13H18N2O4S. The molecule has 0 aliphatic carbocycles. The molecule has 0 unspecified atom stereocenters. The van der Waals surface area contributed by atoms with Crippen molar-refractivity contribution in [2.45, 2.75) is 24.8 Å². The van der Waals surface area contributed by atoms with E-state index in [0.29, 0.717) is 0 Å². The zero-order valence-corrected chi connectivity index (χ0v) is 12.2. The number of rotatable bonds is 7. The number of hydrogen-bond donors (Lipinski definition) is 2. The second kappa shape index (κ2) is 7.86. The van der Waals surface area contributed by atoms with Gasteiger partial charge in [-0.1, -0.05) is 13.8 Å². The lowest BCUT2D eigenvalue weighted by Crippen LogP contribution is -2.41. The van der Waals surface area contributed by atoms with Gasteiger partial charge in [0.1, 0.15) is 0 Å². The summed E-state index contributed by atoms with van der Waals surface area (Å²) in [7, 11) is 0. The predicted octanol–water partition coefficient (Wildman–Crippen LogP) is 1.82. The zero-order valence-electron chi connectivity index (χ0n) is 11.4. The van der Waals surface area contributed by atoms with Gasteiger partial charge in [0.15, 0.2) is 0 Å². The largest absolute Gasteiger partial charge is 0.394 e. The Hall–Kier alpha value is -1.60. The fourth-order valence-electron chi connectivity index (χ4n) is 1.48. The number of benzene rings is 1. The zero-order chi connectivity index (χ0) is 15.1. The molecule has 0 spiro atoms. The summed E-state index contributed by atoms with van der Waals surface area (Å²) in [5, 5.41) is 22.4. The van der Waals surface area contributed by atoms with Crippen LogP contribution in [0.2, 0.25) is 0 Å². The molecule has 110 valence electrons. The number of nitro groups is 1. The van der Waals surface area contributed by atoms with Crippen LogP contribution in [0.3, 0.4) is 0 Å².